The lowest BCUT2D eigenvalue weighted by atomic mass is 10.2. The average Bonchev–Trinajstić information content (AvgIpc) is 2.43. The summed E-state index contributed by atoms with van der Waals surface area (Å²) >= 11 is 0. The normalized spacial score (nSPS) is 11.8. The highest BCUT2D eigenvalue weighted by atomic mass is 32.2. The first-order chi connectivity index (χ1) is 9.43. The Labute approximate surface area is 122 Å². The monoisotopic (exact) mass is 299 g/mol. The molecule has 0 saturated carbocycles. The number of likely N-dealkylation sites (N-methyl/N-ethyl adjacent to an activating group) is 1. The number of sulfonamides is 1. The Balaban J connectivity index is 2.93. The van der Waals surface area contributed by atoms with Gasteiger partial charge in [0.2, 0.25) is 10.0 Å². The Bertz CT molecular complexity index is 498. The van der Waals surface area contributed by atoms with Crippen molar-refractivity contribution in [3.8, 4) is 0 Å². The Morgan fingerprint density at radius 3 is 2.15 bits per heavy atom. The van der Waals surface area contributed by atoms with Crippen LogP contribution in [0.4, 0.5) is 5.69 Å². The van der Waals surface area contributed by atoms with Crippen molar-refractivity contribution in [1.29, 1.82) is 0 Å². The van der Waals surface area contributed by atoms with Crippen molar-refractivity contribution in [2.24, 2.45) is 0 Å². The van der Waals surface area contributed by atoms with E-state index in [1.165, 1.54) is 4.31 Å². The van der Waals surface area contributed by atoms with Crippen LogP contribution >= 0.6 is 0 Å². The summed E-state index contributed by atoms with van der Waals surface area (Å²) in [7, 11) is 1.66. The first-order valence-electron chi connectivity index (χ1n) is 6.85. The highest BCUT2D eigenvalue weighted by Crippen LogP contribution is 2.19. The molecule has 0 aromatic heterocycles. The Morgan fingerprint density at radius 2 is 1.70 bits per heavy atom. The second-order valence-corrected chi connectivity index (χ2v) is 7.02. The van der Waals surface area contributed by atoms with Gasteiger partial charge in [0, 0.05) is 39.4 Å². The molecule has 20 heavy (non-hydrogen) atoms. The molecule has 5 nitrogen and oxygen atoms in total. The molecule has 0 aliphatic heterocycles. The van der Waals surface area contributed by atoms with Crippen LogP contribution in [0.1, 0.15) is 13.3 Å². The summed E-state index contributed by atoms with van der Waals surface area (Å²) in [5, 5.41) is 3.13. The third-order valence-corrected chi connectivity index (χ3v) is 4.94. The molecule has 0 saturated heterocycles. The fourth-order valence-electron chi connectivity index (χ4n) is 1.93. The molecule has 1 aromatic carbocycles. The van der Waals surface area contributed by atoms with E-state index in [-0.39, 0.29) is 0 Å². The first kappa shape index (κ1) is 16.9. The molecule has 0 aliphatic rings. The highest BCUT2D eigenvalue weighted by molar-refractivity contribution is 7.89. The van der Waals surface area contributed by atoms with Crippen LogP contribution in [0.25, 0.3) is 0 Å². The molecule has 1 aromatic rings. The van der Waals surface area contributed by atoms with E-state index in [2.05, 4.69) is 17.1 Å². The summed E-state index contributed by atoms with van der Waals surface area (Å²) in [5.74, 6) is 0. The predicted octanol–water partition coefficient (Wildman–Crippen LogP) is 1.37. The lowest BCUT2D eigenvalue weighted by molar-refractivity contribution is 0.521. The molecule has 114 valence electrons. The average molecular weight is 299 g/mol. The van der Waals surface area contributed by atoms with Crippen molar-refractivity contribution in [3.05, 3.63) is 24.3 Å². The van der Waals surface area contributed by atoms with Crippen molar-refractivity contribution in [2.45, 2.75) is 18.2 Å². The number of anilines is 1. The van der Waals surface area contributed by atoms with E-state index in [1.807, 2.05) is 19.2 Å². The molecule has 0 amide bonds. The topological polar surface area (TPSA) is 52.7 Å². The number of nitrogens with one attached hydrogen (secondary N) is 1. The lowest BCUT2D eigenvalue weighted by Gasteiger charge is -2.24. The van der Waals surface area contributed by atoms with E-state index in [9.17, 15) is 8.42 Å². The van der Waals surface area contributed by atoms with Crippen molar-refractivity contribution in [1.82, 2.24) is 9.62 Å². The zero-order valence-corrected chi connectivity index (χ0v) is 13.6. The lowest BCUT2D eigenvalue weighted by Crippen LogP contribution is -2.31. The largest absolute Gasteiger partial charge is 0.370 e. The number of nitrogens with zero attached hydrogens (tertiary/aromatic N) is 2. The highest BCUT2D eigenvalue weighted by Gasteiger charge is 2.17. The molecule has 0 radical (unpaired) electrons. The number of hydrogen-bond acceptors (Lipinski definition) is 4. The van der Waals surface area contributed by atoms with Gasteiger partial charge < -0.3 is 10.2 Å². The smallest absolute Gasteiger partial charge is 0.242 e. The van der Waals surface area contributed by atoms with E-state index in [4.69, 9.17) is 0 Å². The van der Waals surface area contributed by atoms with E-state index in [1.54, 1.807) is 26.2 Å². The van der Waals surface area contributed by atoms with Crippen molar-refractivity contribution >= 4 is 15.7 Å². The summed E-state index contributed by atoms with van der Waals surface area (Å²) in [6.45, 7) is 4.90. The minimum Gasteiger partial charge on any atom is -0.370 e. The molecule has 0 atom stereocenters. The van der Waals surface area contributed by atoms with Gasteiger partial charge in [-0.3, -0.25) is 0 Å². The molecule has 0 spiro atoms. The van der Waals surface area contributed by atoms with Crippen molar-refractivity contribution in [3.63, 3.8) is 0 Å². The molecule has 1 rings (SSSR count). The minimum atomic E-state index is -3.35. The number of hydrogen-bond donors (Lipinski definition) is 1. The fourth-order valence-corrected chi connectivity index (χ4v) is 2.83. The first-order valence-corrected chi connectivity index (χ1v) is 8.29. The molecule has 0 aliphatic carbocycles. The minimum absolute atomic E-state index is 0.330. The van der Waals surface area contributed by atoms with E-state index in [0.717, 1.165) is 31.7 Å². The summed E-state index contributed by atoms with van der Waals surface area (Å²) in [6, 6.07) is 7.10. The number of benzene rings is 1. The Hall–Kier alpha value is -1.11. The third kappa shape index (κ3) is 4.19. The van der Waals surface area contributed by atoms with Gasteiger partial charge >= 0.3 is 0 Å². The molecule has 1 N–H and O–H groups in total. The van der Waals surface area contributed by atoms with Gasteiger partial charge in [0.25, 0.3) is 0 Å². The summed E-state index contributed by atoms with van der Waals surface area (Å²) in [6.07, 6.45) is 1.06. The summed E-state index contributed by atoms with van der Waals surface area (Å²) in [5.41, 5.74) is 1.06. The zero-order chi connectivity index (χ0) is 15.2. The van der Waals surface area contributed by atoms with E-state index >= 15 is 0 Å². The summed E-state index contributed by atoms with van der Waals surface area (Å²) < 4.78 is 25.3. The van der Waals surface area contributed by atoms with Gasteiger partial charge in [-0.2, -0.15) is 0 Å². The Morgan fingerprint density at radius 1 is 1.10 bits per heavy atom. The van der Waals surface area contributed by atoms with Gasteiger partial charge in [-0.05, 0) is 37.7 Å². The van der Waals surface area contributed by atoms with Crippen LogP contribution in [0.5, 0.6) is 0 Å². The second kappa shape index (κ2) is 7.61. The van der Waals surface area contributed by atoms with Crippen LogP contribution in [-0.2, 0) is 10.0 Å². The maximum absolute atomic E-state index is 12.0. The van der Waals surface area contributed by atoms with Gasteiger partial charge in [-0.1, -0.05) is 6.92 Å². The maximum atomic E-state index is 12.0. The van der Waals surface area contributed by atoms with Crippen LogP contribution in [0.15, 0.2) is 29.2 Å². The van der Waals surface area contributed by atoms with Crippen LogP contribution in [0.2, 0.25) is 0 Å². The van der Waals surface area contributed by atoms with Crippen LogP contribution < -0.4 is 10.2 Å². The molecule has 0 unspecified atom stereocenters. The maximum Gasteiger partial charge on any atom is 0.242 e. The fraction of sp³-hybridized carbons (Fsp3) is 0.571. The standard InChI is InChI=1S/C14H25N3O2S/c1-5-11-17(12-10-15-2)13-6-8-14(9-7-13)20(18,19)16(3)4/h6-9,15H,5,10-12H2,1-4H3. The second-order valence-electron chi connectivity index (χ2n) is 4.87. The molecule has 0 heterocycles. The zero-order valence-electron chi connectivity index (χ0n) is 12.8. The number of rotatable bonds is 8. The molecule has 0 bridgehead atoms. The third-order valence-electron chi connectivity index (χ3n) is 3.11. The van der Waals surface area contributed by atoms with E-state index in [0.29, 0.717) is 4.90 Å². The van der Waals surface area contributed by atoms with Gasteiger partial charge in [0.15, 0.2) is 0 Å². The van der Waals surface area contributed by atoms with Crippen molar-refractivity contribution in [2.75, 3.05) is 45.7 Å². The summed E-state index contributed by atoms with van der Waals surface area (Å²) in [4.78, 5) is 2.58. The molecular formula is C14H25N3O2S. The van der Waals surface area contributed by atoms with Gasteiger partial charge in [-0.25, -0.2) is 12.7 Å². The van der Waals surface area contributed by atoms with Gasteiger partial charge in [-0.15, -0.1) is 0 Å². The van der Waals surface area contributed by atoms with Gasteiger partial charge in [0.1, 0.15) is 0 Å². The molecular weight excluding hydrogens is 274 g/mol. The molecule has 0 fully saturated rings. The van der Waals surface area contributed by atoms with Crippen LogP contribution in [0.3, 0.4) is 0 Å². The quantitative estimate of drug-likeness (QED) is 0.788. The van der Waals surface area contributed by atoms with Crippen LogP contribution in [0, 0.1) is 0 Å². The Kier molecular flexibility index (Phi) is 6.45. The van der Waals surface area contributed by atoms with Crippen LogP contribution in [-0.4, -0.2) is 53.5 Å². The van der Waals surface area contributed by atoms with E-state index < -0.39 is 10.0 Å². The van der Waals surface area contributed by atoms with Gasteiger partial charge in [0.05, 0.1) is 4.90 Å². The van der Waals surface area contributed by atoms with Crippen molar-refractivity contribution < 1.29 is 8.42 Å². The predicted molar refractivity (Wildman–Crippen MR) is 83.7 cm³/mol. The SMILES string of the molecule is CCCN(CCNC)c1ccc(S(=O)(=O)N(C)C)cc1. The molecule has 6 heteroatoms.